The molecule has 2 N–H and O–H groups in total. The van der Waals surface area contributed by atoms with Crippen LogP contribution in [0.4, 0.5) is 0 Å². The lowest BCUT2D eigenvalue weighted by Gasteiger charge is -2.30. The number of nitrogens with zero attached hydrogens (tertiary/aromatic N) is 1. The molecule has 7 heteroatoms. The smallest absolute Gasteiger partial charge is 0.224 e. The first-order valence-electron chi connectivity index (χ1n) is 5.89. The minimum Gasteiger partial charge on any atom is -0.388 e. The molecule has 1 atom stereocenters. The summed E-state index contributed by atoms with van der Waals surface area (Å²) in [6.07, 6.45) is 1.17. The lowest BCUT2D eigenvalue weighted by molar-refractivity contribution is -0.130. The molecule has 1 fully saturated rings. The van der Waals surface area contributed by atoms with E-state index in [1.165, 1.54) is 0 Å². The lowest BCUT2D eigenvalue weighted by Crippen LogP contribution is -2.40. The summed E-state index contributed by atoms with van der Waals surface area (Å²) in [5.41, 5.74) is -1.26. The third-order valence-electron chi connectivity index (χ3n) is 3.60. The number of carbonyl (C=O) groups excluding carboxylic acids is 1. The van der Waals surface area contributed by atoms with Gasteiger partial charge in [0.2, 0.25) is 15.9 Å². The number of hydrogen-bond acceptors (Lipinski definition) is 4. The third kappa shape index (κ3) is 3.66. The molecule has 1 heterocycles. The summed E-state index contributed by atoms with van der Waals surface area (Å²) >= 11 is 0. The second-order valence-corrected chi connectivity index (χ2v) is 7.66. The Hall–Kier alpha value is -0.660. The van der Waals surface area contributed by atoms with Gasteiger partial charge in [-0.2, -0.15) is 0 Å². The van der Waals surface area contributed by atoms with E-state index >= 15 is 0 Å². The standard InChI is InChI=1S/C11H22N2O4S/c1-10(2)7-13(8-11(10,3)15)9(14)5-6-12-18(4,16)17/h12,15H,5-8H2,1-4H3. The Balaban J connectivity index is 2.51. The maximum absolute atomic E-state index is 11.9. The molecule has 1 aliphatic rings. The van der Waals surface area contributed by atoms with E-state index in [2.05, 4.69) is 4.72 Å². The highest BCUT2D eigenvalue weighted by Gasteiger charge is 2.48. The number of amides is 1. The summed E-state index contributed by atoms with van der Waals surface area (Å²) in [6, 6.07) is 0. The molecule has 0 saturated carbocycles. The Labute approximate surface area is 108 Å². The molecule has 0 aromatic carbocycles. The molecule has 1 rings (SSSR count). The molecule has 0 aliphatic carbocycles. The van der Waals surface area contributed by atoms with E-state index in [0.717, 1.165) is 6.26 Å². The molecule has 1 saturated heterocycles. The normalized spacial score (nSPS) is 27.5. The summed E-state index contributed by atoms with van der Waals surface area (Å²) in [6.45, 7) is 6.41. The highest BCUT2D eigenvalue weighted by Crippen LogP contribution is 2.38. The van der Waals surface area contributed by atoms with Crippen LogP contribution in [0.5, 0.6) is 0 Å². The first kappa shape index (κ1) is 15.4. The van der Waals surface area contributed by atoms with Gasteiger partial charge in [0.25, 0.3) is 0 Å². The molecular weight excluding hydrogens is 256 g/mol. The first-order valence-corrected chi connectivity index (χ1v) is 7.79. The van der Waals surface area contributed by atoms with Crippen molar-refractivity contribution in [3.8, 4) is 0 Å². The number of β-amino-alcohol motifs (C(OH)–C–C–N with tert-alkyl or cyclic N) is 1. The quantitative estimate of drug-likeness (QED) is 0.729. The van der Waals surface area contributed by atoms with Gasteiger partial charge in [-0.15, -0.1) is 0 Å². The average molecular weight is 278 g/mol. The number of hydrogen-bond donors (Lipinski definition) is 2. The van der Waals surface area contributed by atoms with Crippen molar-refractivity contribution >= 4 is 15.9 Å². The zero-order valence-corrected chi connectivity index (χ0v) is 12.2. The molecule has 106 valence electrons. The summed E-state index contributed by atoms with van der Waals surface area (Å²) in [7, 11) is -3.26. The Morgan fingerprint density at radius 2 is 1.89 bits per heavy atom. The number of rotatable bonds is 4. The van der Waals surface area contributed by atoms with Gasteiger partial charge in [0, 0.05) is 31.5 Å². The molecule has 1 aliphatic heterocycles. The van der Waals surface area contributed by atoms with Crippen LogP contribution in [0.3, 0.4) is 0 Å². The van der Waals surface area contributed by atoms with Gasteiger partial charge in [-0.1, -0.05) is 13.8 Å². The van der Waals surface area contributed by atoms with Crippen molar-refractivity contribution in [2.24, 2.45) is 5.41 Å². The predicted octanol–water partition coefficient (Wildman–Crippen LogP) is -0.455. The van der Waals surface area contributed by atoms with Crippen molar-refractivity contribution in [2.75, 3.05) is 25.9 Å². The molecule has 6 nitrogen and oxygen atoms in total. The highest BCUT2D eigenvalue weighted by molar-refractivity contribution is 7.88. The van der Waals surface area contributed by atoms with Crippen LogP contribution < -0.4 is 4.72 Å². The number of nitrogens with one attached hydrogen (secondary N) is 1. The fourth-order valence-corrected chi connectivity index (χ4v) is 2.44. The van der Waals surface area contributed by atoms with Gasteiger partial charge < -0.3 is 10.0 Å². The summed E-state index contributed by atoms with van der Waals surface area (Å²) in [5.74, 6) is -0.142. The zero-order chi connectivity index (χ0) is 14.2. The zero-order valence-electron chi connectivity index (χ0n) is 11.4. The van der Waals surface area contributed by atoms with Gasteiger partial charge in [-0.05, 0) is 6.92 Å². The second kappa shape index (κ2) is 4.79. The topological polar surface area (TPSA) is 86.7 Å². The van der Waals surface area contributed by atoms with Gasteiger partial charge in [0.05, 0.1) is 11.9 Å². The van der Waals surface area contributed by atoms with Crippen LogP contribution in [-0.4, -0.2) is 55.8 Å². The number of aliphatic hydroxyl groups is 1. The van der Waals surface area contributed by atoms with Gasteiger partial charge in [0.15, 0.2) is 0 Å². The number of sulfonamides is 1. The van der Waals surface area contributed by atoms with Gasteiger partial charge >= 0.3 is 0 Å². The number of carbonyl (C=O) groups is 1. The monoisotopic (exact) mass is 278 g/mol. The molecule has 1 unspecified atom stereocenters. The minimum absolute atomic E-state index is 0.0940. The molecular formula is C11H22N2O4S. The Kier molecular flexibility index (Phi) is 4.10. The molecule has 0 aromatic heterocycles. The number of likely N-dealkylation sites (tertiary alicyclic amines) is 1. The van der Waals surface area contributed by atoms with Crippen LogP contribution in [0.15, 0.2) is 0 Å². The summed E-state index contributed by atoms with van der Waals surface area (Å²) in [5, 5.41) is 10.2. The Bertz CT molecular complexity index is 412. The van der Waals surface area contributed by atoms with Crippen LogP contribution in [0.25, 0.3) is 0 Å². The Morgan fingerprint density at radius 3 is 2.28 bits per heavy atom. The van der Waals surface area contributed by atoms with Crippen molar-refractivity contribution in [3.05, 3.63) is 0 Å². The van der Waals surface area contributed by atoms with E-state index in [0.29, 0.717) is 6.54 Å². The first-order chi connectivity index (χ1) is 7.95. The van der Waals surface area contributed by atoms with E-state index in [-0.39, 0.29) is 30.8 Å². The van der Waals surface area contributed by atoms with Gasteiger partial charge in [0.1, 0.15) is 0 Å². The highest BCUT2D eigenvalue weighted by atomic mass is 32.2. The molecule has 1 amide bonds. The van der Waals surface area contributed by atoms with Crippen molar-refractivity contribution in [2.45, 2.75) is 32.8 Å². The van der Waals surface area contributed by atoms with E-state index in [4.69, 9.17) is 0 Å². The summed E-state index contributed by atoms with van der Waals surface area (Å²) in [4.78, 5) is 13.5. The van der Waals surface area contributed by atoms with Crippen LogP contribution in [0.2, 0.25) is 0 Å². The average Bonchev–Trinajstić information content (AvgIpc) is 2.33. The largest absolute Gasteiger partial charge is 0.388 e. The van der Waals surface area contributed by atoms with Gasteiger partial charge in [-0.25, -0.2) is 13.1 Å². The maximum Gasteiger partial charge on any atom is 0.224 e. The van der Waals surface area contributed by atoms with Crippen LogP contribution in [0.1, 0.15) is 27.2 Å². The van der Waals surface area contributed by atoms with Crippen LogP contribution in [-0.2, 0) is 14.8 Å². The second-order valence-electron chi connectivity index (χ2n) is 5.82. The van der Waals surface area contributed by atoms with Crippen LogP contribution >= 0.6 is 0 Å². The summed E-state index contributed by atoms with van der Waals surface area (Å²) < 4.78 is 24.0. The molecule has 0 radical (unpaired) electrons. The van der Waals surface area contributed by atoms with Crippen molar-refractivity contribution in [3.63, 3.8) is 0 Å². The van der Waals surface area contributed by atoms with Crippen molar-refractivity contribution < 1.29 is 18.3 Å². The predicted molar refractivity (Wildman–Crippen MR) is 68.4 cm³/mol. The van der Waals surface area contributed by atoms with Crippen molar-refractivity contribution in [1.82, 2.24) is 9.62 Å². The van der Waals surface area contributed by atoms with E-state index in [1.54, 1.807) is 11.8 Å². The SMILES string of the molecule is CC1(C)CN(C(=O)CCNS(C)(=O)=O)CC1(C)O. The van der Waals surface area contributed by atoms with Gasteiger partial charge in [-0.3, -0.25) is 4.79 Å². The molecule has 0 bridgehead atoms. The van der Waals surface area contributed by atoms with Crippen LogP contribution in [0, 0.1) is 5.41 Å². The molecule has 0 aromatic rings. The minimum atomic E-state index is -3.26. The van der Waals surface area contributed by atoms with E-state index in [1.807, 2.05) is 13.8 Å². The van der Waals surface area contributed by atoms with E-state index in [9.17, 15) is 18.3 Å². The lowest BCUT2D eigenvalue weighted by atomic mass is 9.79. The van der Waals surface area contributed by atoms with Crippen molar-refractivity contribution in [1.29, 1.82) is 0 Å². The third-order valence-corrected chi connectivity index (χ3v) is 4.33. The Morgan fingerprint density at radius 1 is 1.33 bits per heavy atom. The fourth-order valence-electron chi connectivity index (χ4n) is 1.97. The maximum atomic E-state index is 11.9. The van der Waals surface area contributed by atoms with E-state index < -0.39 is 15.6 Å². The molecule has 0 spiro atoms. The fraction of sp³-hybridized carbons (Fsp3) is 0.909. The molecule has 18 heavy (non-hydrogen) atoms.